The number of aliphatic hydroxyl groups excluding tert-OH is 1. The highest BCUT2D eigenvalue weighted by Crippen LogP contribution is 2.37. The largest absolute Gasteiger partial charge is 0.491 e. The van der Waals surface area contributed by atoms with Gasteiger partial charge in [-0.25, -0.2) is 14.4 Å². The third-order valence-electron chi connectivity index (χ3n) is 5.00. The number of thioether (sulfide) groups is 1. The van der Waals surface area contributed by atoms with Crippen molar-refractivity contribution in [1.29, 1.82) is 10.5 Å². The molecule has 37 heavy (non-hydrogen) atoms. The number of aromatic nitrogens is 2. The number of nitriles is 2. The fourth-order valence-corrected chi connectivity index (χ4v) is 5.24. The highest BCUT2D eigenvalue weighted by molar-refractivity contribution is 7.98. The Labute approximate surface area is 225 Å². The average molecular weight is 553 g/mol. The van der Waals surface area contributed by atoms with Gasteiger partial charge >= 0.3 is 0 Å². The summed E-state index contributed by atoms with van der Waals surface area (Å²) in [5.41, 5.74) is 8.30. The molecule has 0 unspecified atom stereocenters. The topological polar surface area (TPSA) is 141 Å². The van der Waals surface area contributed by atoms with Gasteiger partial charge < -0.3 is 20.9 Å². The molecule has 0 radical (unpaired) electrons. The number of thiazole rings is 1. The van der Waals surface area contributed by atoms with Gasteiger partial charge in [0.15, 0.2) is 5.13 Å². The highest BCUT2D eigenvalue weighted by Gasteiger charge is 2.21. The van der Waals surface area contributed by atoms with Crippen molar-refractivity contribution in [2.45, 2.75) is 10.8 Å². The number of ether oxygens (including phenoxy) is 1. The minimum Gasteiger partial charge on any atom is -0.491 e. The van der Waals surface area contributed by atoms with E-state index in [9.17, 15) is 14.9 Å². The van der Waals surface area contributed by atoms with Crippen LogP contribution in [0.15, 0.2) is 52.9 Å². The van der Waals surface area contributed by atoms with Crippen LogP contribution in [-0.4, -0.2) is 28.3 Å². The lowest BCUT2D eigenvalue weighted by atomic mass is 9.97. The fraction of sp³-hybridized carbons (Fsp3) is 0.120. The van der Waals surface area contributed by atoms with Crippen molar-refractivity contribution in [3.8, 4) is 29.0 Å². The number of benzene rings is 2. The Morgan fingerprint density at radius 3 is 2.59 bits per heavy atom. The molecule has 0 saturated heterocycles. The van der Waals surface area contributed by atoms with Gasteiger partial charge in [0.1, 0.15) is 46.7 Å². The molecule has 0 amide bonds. The summed E-state index contributed by atoms with van der Waals surface area (Å²) in [4.78, 5) is 8.78. The van der Waals surface area contributed by atoms with Crippen LogP contribution in [0.3, 0.4) is 0 Å². The van der Waals surface area contributed by atoms with Crippen molar-refractivity contribution in [1.82, 2.24) is 9.97 Å². The Balaban J connectivity index is 1.58. The van der Waals surface area contributed by atoms with Crippen LogP contribution >= 0.6 is 34.7 Å². The van der Waals surface area contributed by atoms with Crippen molar-refractivity contribution < 1.29 is 14.2 Å². The Bertz CT molecular complexity index is 1520. The van der Waals surface area contributed by atoms with Crippen molar-refractivity contribution in [2.24, 2.45) is 0 Å². The molecule has 2 aromatic heterocycles. The SMILES string of the molecule is N#Cc1c(N)nc(SCc2csc(Nc3cc(Cl)ccc3F)n2)c(C#N)c1-c1ccc(OCCO)cc1. The minimum atomic E-state index is -0.452. The number of halogens is 2. The molecule has 4 rings (SSSR count). The van der Waals surface area contributed by atoms with Gasteiger partial charge in [0.05, 0.1) is 23.6 Å². The zero-order chi connectivity index (χ0) is 26.4. The van der Waals surface area contributed by atoms with Gasteiger partial charge in [-0.15, -0.1) is 11.3 Å². The number of nitrogens with two attached hydrogens (primary N) is 1. The Morgan fingerprint density at radius 2 is 1.89 bits per heavy atom. The number of nitrogens with one attached hydrogen (secondary N) is 1. The summed E-state index contributed by atoms with van der Waals surface area (Å²) in [6, 6.07) is 15.2. The van der Waals surface area contributed by atoms with Gasteiger partial charge in [-0.3, -0.25) is 0 Å². The molecule has 12 heteroatoms. The van der Waals surface area contributed by atoms with E-state index in [0.717, 1.165) is 0 Å². The van der Waals surface area contributed by atoms with Crippen LogP contribution in [0.25, 0.3) is 11.1 Å². The van der Waals surface area contributed by atoms with Crippen molar-refractivity contribution in [2.75, 3.05) is 24.3 Å². The summed E-state index contributed by atoms with van der Waals surface area (Å²) in [5.74, 6) is 0.456. The van der Waals surface area contributed by atoms with Crippen LogP contribution in [0.1, 0.15) is 16.8 Å². The lowest BCUT2D eigenvalue weighted by Crippen LogP contribution is -2.04. The van der Waals surface area contributed by atoms with Gasteiger partial charge in [-0.2, -0.15) is 10.5 Å². The van der Waals surface area contributed by atoms with Gasteiger partial charge in [-0.05, 0) is 35.9 Å². The minimum absolute atomic E-state index is 0.0108. The van der Waals surface area contributed by atoms with E-state index in [-0.39, 0.29) is 35.8 Å². The van der Waals surface area contributed by atoms with Gasteiger partial charge in [0.2, 0.25) is 0 Å². The lowest BCUT2D eigenvalue weighted by Gasteiger charge is -2.13. The normalized spacial score (nSPS) is 10.5. The van der Waals surface area contributed by atoms with Crippen molar-refractivity contribution in [3.63, 3.8) is 0 Å². The summed E-state index contributed by atoms with van der Waals surface area (Å²) in [5, 5.41) is 34.6. The molecule has 0 saturated carbocycles. The van der Waals surface area contributed by atoms with E-state index in [1.807, 2.05) is 5.38 Å². The monoisotopic (exact) mass is 552 g/mol. The molecule has 4 aromatic rings. The molecular weight excluding hydrogens is 535 g/mol. The average Bonchev–Trinajstić information content (AvgIpc) is 3.35. The fourth-order valence-electron chi connectivity index (χ4n) is 3.35. The van der Waals surface area contributed by atoms with E-state index >= 15 is 0 Å². The predicted molar refractivity (Wildman–Crippen MR) is 142 cm³/mol. The number of hydrogen-bond donors (Lipinski definition) is 3. The predicted octanol–water partition coefficient (Wildman–Crippen LogP) is 5.73. The molecule has 186 valence electrons. The molecule has 2 aromatic carbocycles. The lowest BCUT2D eigenvalue weighted by molar-refractivity contribution is 0.201. The standard InChI is InChI=1S/C25H18ClFN6O2S2/c26-15-3-6-20(27)21(9-15)32-25-31-16(13-37-25)12-36-24-19(11-29)22(18(10-28)23(30)33-24)14-1-4-17(5-2-14)35-8-7-34/h1-6,9,13,34H,7-8,12H2,(H2,30,33)(H,31,32). The zero-order valence-electron chi connectivity index (χ0n) is 19.0. The maximum atomic E-state index is 14.0. The molecule has 2 heterocycles. The first kappa shape index (κ1) is 26.2. The summed E-state index contributed by atoms with van der Waals surface area (Å²) in [7, 11) is 0. The van der Waals surface area contributed by atoms with Crippen molar-refractivity contribution >= 4 is 51.3 Å². The number of pyridine rings is 1. The Kier molecular flexibility index (Phi) is 8.43. The molecule has 4 N–H and O–H groups in total. The van der Waals surface area contributed by atoms with E-state index in [4.69, 9.17) is 27.2 Å². The van der Waals surface area contributed by atoms with E-state index in [0.29, 0.717) is 43.5 Å². The first-order chi connectivity index (χ1) is 17.9. The molecule has 8 nitrogen and oxygen atoms in total. The Hall–Kier alpha value is -3.87. The molecule has 0 aliphatic rings. The molecular formula is C25H18ClFN6O2S2. The van der Waals surface area contributed by atoms with Crippen molar-refractivity contribution in [3.05, 3.63) is 75.5 Å². The van der Waals surface area contributed by atoms with Crippen LogP contribution in [0.4, 0.5) is 21.0 Å². The number of aliphatic hydroxyl groups is 1. The Morgan fingerprint density at radius 1 is 1.14 bits per heavy atom. The van der Waals surface area contributed by atoms with E-state index in [1.165, 1.54) is 41.3 Å². The molecule has 0 spiro atoms. The second-order valence-corrected chi connectivity index (χ2v) is 9.69. The molecule has 0 aliphatic heterocycles. The zero-order valence-corrected chi connectivity index (χ0v) is 21.4. The molecule has 0 atom stereocenters. The summed E-state index contributed by atoms with van der Waals surface area (Å²) < 4.78 is 19.4. The van der Waals surface area contributed by atoms with Gasteiger partial charge in [0, 0.05) is 21.7 Å². The number of anilines is 3. The van der Waals surface area contributed by atoms with Gasteiger partial charge in [0.25, 0.3) is 0 Å². The second-order valence-electron chi connectivity index (χ2n) is 7.43. The van der Waals surface area contributed by atoms with Crippen LogP contribution in [0, 0.1) is 28.5 Å². The molecule has 0 fully saturated rings. The number of rotatable bonds is 9. The van der Waals surface area contributed by atoms with Crippen LogP contribution < -0.4 is 15.8 Å². The number of hydrogen-bond acceptors (Lipinski definition) is 10. The van der Waals surface area contributed by atoms with Gasteiger partial charge in [-0.1, -0.05) is 35.5 Å². The van der Waals surface area contributed by atoms with Crippen LogP contribution in [-0.2, 0) is 5.75 Å². The molecule has 0 bridgehead atoms. The molecule has 0 aliphatic carbocycles. The van der Waals surface area contributed by atoms with Crippen LogP contribution in [0.5, 0.6) is 5.75 Å². The maximum Gasteiger partial charge on any atom is 0.187 e. The maximum absolute atomic E-state index is 14.0. The van der Waals surface area contributed by atoms with E-state index in [2.05, 4.69) is 27.4 Å². The van der Waals surface area contributed by atoms with E-state index in [1.54, 1.807) is 24.3 Å². The summed E-state index contributed by atoms with van der Waals surface area (Å²) in [6.07, 6.45) is 0. The second kappa shape index (κ2) is 11.9. The number of nitrogens with zero attached hydrogens (tertiary/aromatic N) is 4. The quantitative estimate of drug-likeness (QED) is 0.222. The summed E-state index contributed by atoms with van der Waals surface area (Å²) in [6.45, 7) is 0.0333. The highest BCUT2D eigenvalue weighted by atomic mass is 35.5. The smallest absolute Gasteiger partial charge is 0.187 e. The first-order valence-electron chi connectivity index (χ1n) is 10.7. The first-order valence-corrected chi connectivity index (χ1v) is 12.9. The summed E-state index contributed by atoms with van der Waals surface area (Å²) >= 11 is 8.49. The third kappa shape index (κ3) is 6.10. The number of nitrogen functional groups attached to an aromatic ring is 1. The third-order valence-corrected chi connectivity index (χ3v) is 7.05. The van der Waals surface area contributed by atoms with Crippen LogP contribution in [0.2, 0.25) is 5.02 Å². The van der Waals surface area contributed by atoms with E-state index < -0.39 is 5.82 Å².